The number of nitrogens with zero attached hydrogens (tertiary/aromatic N) is 1. The normalized spacial score (nSPS) is 21.0. The molecule has 1 aromatic carbocycles. The molecule has 1 heterocycles. The van der Waals surface area contributed by atoms with Gasteiger partial charge in [0.1, 0.15) is 0 Å². The van der Waals surface area contributed by atoms with Crippen LogP contribution in [0.3, 0.4) is 0 Å². The van der Waals surface area contributed by atoms with Crippen molar-refractivity contribution in [2.45, 2.75) is 6.10 Å². The molecule has 0 aliphatic carbocycles. The van der Waals surface area contributed by atoms with Gasteiger partial charge in [-0.1, -0.05) is 23.7 Å². The van der Waals surface area contributed by atoms with Crippen LogP contribution < -0.4 is 5.32 Å². The predicted molar refractivity (Wildman–Crippen MR) is 84.6 cm³/mol. The molecular formula is C14H19ClN2O3S. The van der Waals surface area contributed by atoms with Crippen LogP contribution in [0.25, 0.3) is 6.08 Å². The number of likely N-dealkylation sites (N-methyl/N-ethyl adjacent to an activating group) is 1. The Morgan fingerprint density at radius 3 is 2.81 bits per heavy atom. The van der Waals surface area contributed by atoms with Crippen molar-refractivity contribution in [3.05, 3.63) is 40.3 Å². The lowest BCUT2D eigenvalue weighted by Crippen LogP contribution is -2.47. The van der Waals surface area contributed by atoms with Crippen LogP contribution in [-0.4, -0.2) is 52.1 Å². The molecule has 1 aliphatic rings. The van der Waals surface area contributed by atoms with E-state index >= 15 is 0 Å². The monoisotopic (exact) mass is 330 g/mol. The molecule has 1 atom stereocenters. The van der Waals surface area contributed by atoms with E-state index in [1.165, 1.54) is 9.71 Å². The van der Waals surface area contributed by atoms with Gasteiger partial charge < -0.3 is 10.1 Å². The third-order valence-electron chi connectivity index (χ3n) is 3.20. The minimum Gasteiger partial charge on any atom is -0.374 e. The van der Waals surface area contributed by atoms with Crippen LogP contribution in [0, 0.1) is 0 Å². The van der Waals surface area contributed by atoms with Crippen LogP contribution in [0.15, 0.2) is 29.7 Å². The summed E-state index contributed by atoms with van der Waals surface area (Å²) >= 11 is 5.80. The number of halogens is 1. The number of hydrogen-bond acceptors (Lipinski definition) is 4. The van der Waals surface area contributed by atoms with Gasteiger partial charge in [0.15, 0.2) is 0 Å². The number of hydrogen-bond donors (Lipinski definition) is 1. The Morgan fingerprint density at radius 2 is 2.14 bits per heavy atom. The smallest absolute Gasteiger partial charge is 0.236 e. The largest absolute Gasteiger partial charge is 0.374 e. The van der Waals surface area contributed by atoms with E-state index in [0.29, 0.717) is 31.3 Å². The number of ether oxygens (including phenoxy) is 1. The van der Waals surface area contributed by atoms with Gasteiger partial charge in [-0.2, -0.15) is 4.31 Å². The van der Waals surface area contributed by atoms with Crippen molar-refractivity contribution >= 4 is 27.7 Å². The van der Waals surface area contributed by atoms with Crippen LogP contribution in [0.1, 0.15) is 5.56 Å². The number of benzene rings is 1. The highest BCUT2D eigenvalue weighted by molar-refractivity contribution is 7.92. The Labute approximate surface area is 130 Å². The van der Waals surface area contributed by atoms with Gasteiger partial charge in [-0.25, -0.2) is 8.42 Å². The van der Waals surface area contributed by atoms with Gasteiger partial charge in [0.25, 0.3) is 0 Å². The lowest BCUT2D eigenvalue weighted by molar-refractivity contribution is 0.00120. The molecule has 0 saturated carbocycles. The fourth-order valence-electron chi connectivity index (χ4n) is 2.10. The number of nitrogens with one attached hydrogen (secondary N) is 1. The third-order valence-corrected chi connectivity index (χ3v) is 4.98. The third kappa shape index (κ3) is 4.79. The van der Waals surface area contributed by atoms with Crippen LogP contribution in [0.2, 0.25) is 5.02 Å². The zero-order chi connectivity index (χ0) is 15.3. The zero-order valence-electron chi connectivity index (χ0n) is 11.8. The molecule has 2 rings (SSSR count). The van der Waals surface area contributed by atoms with E-state index < -0.39 is 10.0 Å². The minimum atomic E-state index is -3.43. The second kappa shape index (κ2) is 7.38. The van der Waals surface area contributed by atoms with Crippen molar-refractivity contribution in [1.82, 2.24) is 9.62 Å². The maximum absolute atomic E-state index is 12.3. The Hall–Kier alpha value is -0.920. The van der Waals surface area contributed by atoms with Crippen molar-refractivity contribution in [3.63, 3.8) is 0 Å². The summed E-state index contributed by atoms with van der Waals surface area (Å²) in [4.78, 5) is 0. The van der Waals surface area contributed by atoms with Gasteiger partial charge >= 0.3 is 0 Å². The molecule has 7 heteroatoms. The van der Waals surface area contributed by atoms with Crippen molar-refractivity contribution in [3.8, 4) is 0 Å². The highest BCUT2D eigenvalue weighted by Crippen LogP contribution is 2.14. The molecule has 0 aromatic heterocycles. The molecule has 1 unspecified atom stereocenters. The highest BCUT2D eigenvalue weighted by atomic mass is 35.5. The molecule has 1 aliphatic heterocycles. The first-order chi connectivity index (χ1) is 10.0. The number of rotatable bonds is 5. The molecule has 1 saturated heterocycles. The summed E-state index contributed by atoms with van der Waals surface area (Å²) in [7, 11) is -1.61. The van der Waals surface area contributed by atoms with E-state index in [9.17, 15) is 8.42 Å². The minimum absolute atomic E-state index is 0.109. The number of sulfonamides is 1. The maximum Gasteiger partial charge on any atom is 0.236 e. The Morgan fingerprint density at radius 1 is 1.43 bits per heavy atom. The van der Waals surface area contributed by atoms with Gasteiger partial charge in [0.2, 0.25) is 10.0 Å². The lowest BCUT2D eigenvalue weighted by atomic mass is 10.2. The summed E-state index contributed by atoms with van der Waals surface area (Å²) < 4.78 is 31.6. The quantitative estimate of drug-likeness (QED) is 0.890. The SMILES string of the molecule is CNCC1CN(S(=O)(=O)/C=C/c2ccc(Cl)cc2)CCO1. The van der Waals surface area contributed by atoms with E-state index in [4.69, 9.17) is 16.3 Å². The molecular weight excluding hydrogens is 312 g/mol. The second-order valence-electron chi connectivity index (χ2n) is 4.81. The second-order valence-corrected chi connectivity index (χ2v) is 7.06. The maximum atomic E-state index is 12.3. The van der Waals surface area contributed by atoms with Gasteiger partial charge in [0, 0.05) is 30.1 Å². The Kier molecular flexibility index (Phi) is 5.78. The molecule has 5 nitrogen and oxygen atoms in total. The average molecular weight is 331 g/mol. The van der Waals surface area contributed by atoms with E-state index in [0.717, 1.165) is 5.56 Å². The van der Waals surface area contributed by atoms with Gasteiger partial charge in [-0.3, -0.25) is 0 Å². The van der Waals surface area contributed by atoms with Crippen LogP contribution in [0.5, 0.6) is 0 Å². The van der Waals surface area contributed by atoms with E-state index in [-0.39, 0.29) is 6.10 Å². The summed E-state index contributed by atoms with van der Waals surface area (Å²) in [6, 6.07) is 7.01. The first kappa shape index (κ1) is 16.5. The first-order valence-corrected chi connectivity index (χ1v) is 8.59. The predicted octanol–water partition coefficient (Wildman–Crippen LogP) is 1.56. The molecule has 0 bridgehead atoms. The van der Waals surface area contributed by atoms with Crippen molar-refractivity contribution < 1.29 is 13.2 Å². The summed E-state index contributed by atoms with van der Waals surface area (Å²) in [5.41, 5.74) is 0.794. The number of morpholine rings is 1. The molecule has 0 amide bonds. The summed E-state index contributed by atoms with van der Waals surface area (Å²) in [6.07, 6.45) is 1.47. The molecule has 0 spiro atoms. The van der Waals surface area contributed by atoms with Gasteiger partial charge in [-0.05, 0) is 30.8 Å². The van der Waals surface area contributed by atoms with Crippen LogP contribution >= 0.6 is 11.6 Å². The van der Waals surface area contributed by atoms with Gasteiger partial charge in [0.05, 0.1) is 12.7 Å². The topological polar surface area (TPSA) is 58.6 Å². The lowest BCUT2D eigenvalue weighted by Gasteiger charge is -2.31. The molecule has 0 radical (unpaired) electrons. The summed E-state index contributed by atoms with van der Waals surface area (Å²) in [6.45, 7) is 1.80. The summed E-state index contributed by atoms with van der Waals surface area (Å²) in [5.74, 6) is 0. The van der Waals surface area contributed by atoms with E-state index in [1.54, 1.807) is 30.3 Å². The molecule has 1 fully saturated rings. The molecule has 1 aromatic rings. The van der Waals surface area contributed by atoms with Gasteiger partial charge in [-0.15, -0.1) is 0 Å². The van der Waals surface area contributed by atoms with Crippen molar-refractivity contribution in [2.75, 3.05) is 33.3 Å². The highest BCUT2D eigenvalue weighted by Gasteiger charge is 2.27. The molecule has 116 valence electrons. The van der Waals surface area contributed by atoms with Crippen LogP contribution in [0.4, 0.5) is 0 Å². The van der Waals surface area contributed by atoms with Crippen LogP contribution in [-0.2, 0) is 14.8 Å². The zero-order valence-corrected chi connectivity index (χ0v) is 13.4. The molecule has 1 N–H and O–H groups in total. The van der Waals surface area contributed by atoms with E-state index in [2.05, 4.69) is 5.32 Å². The fourth-order valence-corrected chi connectivity index (χ4v) is 3.43. The van der Waals surface area contributed by atoms with Crippen molar-refractivity contribution in [2.24, 2.45) is 0 Å². The Balaban J connectivity index is 2.05. The standard InChI is InChI=1S/C14H19ClN2O3S/c1-16-10-14-11-17(7-8-20-14)21(18,19)9-6-12-2-4-13(15)5-3-12/h2-6,9,14,16H,7-8,10-11H2,1H3/b9-6+. The van der Waals surface area contributed by atoms with Crippen molar-refractivity contribution in [1.29, 1.82) is 0 Å². The summed E-state index contributed by atoms with van der Waals surface area (Å²) in [5, 5.41) is 4.85. The molecule has 21 heavy (non-hydrogen) atoms. The first-order valence-electron chi connectivity index (χ1n) is 6.71. The van der Waals surface area contributed by atoms with E-state index in [1.807, 2.05) is 7.05 Å². The average Bonchev–Trinajstić information content (AvgIpc) is 2.47. The fraction of sp³-hybridized carbons (Fsp3) is 0.429. The Bertz CT molecular complexity index is 585.